The molecule has 176 valence electrons. The van der Waals surface area contributed by atoms with E-state index in [1.165, 1.54) is 5.51 Å². The van der Waals surface area contributed by atoms with Crippen molar-refractivity contribution < 1.29 is 19.5 Å². The third-order valence-electron chi connectivity index (χ3n) is 6.13. The zero-order valence-electron chi connectivity index (χ0n) is 18.6. The maximum absolute atomic E-state index is 13.3. The summed E-state index contributed by atoms with van der Waals surface area (Å²) in [5.74, 6) is -0.852. The smallest absolute Gasteiger partial charge is 0.303 e. The number of carboxylic acid groups (broad SMARTS) is 1. The predicted molar refractivity (Wildman–Crippen MR) is 128 cm³/mol. The van der Waals surface area contributed by atoms with Crippen molar-refractivity contribution in [2.75, 3.05) is 5.01 Å². The monoisotopic (exact) mass is 478 g/mol. The molecular formula is C25H26N4O4S. The highest BCUT2D eigenvalue weighted by atomic mass is 32.1. The van der Waals surface area contributed by atoms with E-state index >= 15 is 0 Å². The van der Waals surface area contributed by atoms with Crippen LogP contribution in [0.5, 0.6) is 0 Å². The van der Waals surface area contributed by atoms with Crippen molar-refractivity contribution in [2.24, 2.45) is 5.92 Å². The molecule has 4 rings (SSSR count). The van der Waals surface area contributed by atoms with Gasteiger partial charge < -0.3 is 5.11 Å². The van der Waals surface area contributed by atoms with E-state index in [-0.39, 0.29) is 29.8 Å². The summed E-state index contributed by atoms with van der Waals surface area (Å²) in [6, 6.07) is 16.7. The Morgan fingerprint density at radius 3 is 2.32 bits per heavy atom. The van der Waals surface area contributed by atoms with Gasteiger partial charge in [-0.3, -0.25) is 19.8 Å². The molecular weight excluding hydrogens is 452 g/mol. The summed E-state index contributed by atoms with van der Waals surface area (Å²) in [5.41, 5.74) is 6.58. The lowest BCUT2D eigenvalue weighted by Crippen LogP contribution is -2.47. The summed E-state index contributed by atoms with van der Waals surface area (Å²) in [6.07, 6.45) is 4.05. The maximum atomic E-state index is 13.3. The zero-order valence-corrected chi connectivity index (χ0v) is 19.4. The molecule has 1 heterocycles. The summed E-state index contributed by atoms with van der Waals surface area (Å²) < 4.78 is 0. The van der Waals surface area contributed by atoms with Gasteiger partial charge in [0.05, 0.1) is 6.42 Å². The lowest BCUT2D eigenvalue weighted by atomic mass is 9.77. The average Bonchev–Trinajstić information content (AvgIpc) is 3.38. The van der Waals surface area contributed by atoms with Gasteiger partial charge >= 0.3 is 5.97 Å². The van der Waals surface area contributed by atoms with Gasteiger partial charge in [-0.05, 0) is 60.8 Å². The number of rotatable bonds is 7. The Morgan fingerprint density at radius 1 is 1.00 bits per heavy atom. The molecule has 8 nitrogen and oxygen atoms in total. The maximum Gasteiger partial charge on any atom is 0.303 e. The van der Waals surface area contributed by atoms with Crippen molar-refractivity contribution in [3.63, 3.8) is 0 Å². The molecule has 0 atom stereocenters. The Morgan fingerprint density at radius 2 is 1.71 bits per heavy atom. The molecule has 9 heteroatoms. The lowest BCUT2D eigenvalue weighted by Gasteiger charge is -2.28. The Balaban J connectivity index is 1.42. The number of aliphatic carboxylic acids is 1. The molecule has 2 aromatic carbocycles. The lowest BCUT2D eigenvalue weighted by molar-refractivity contribution is -0.138. The summed E-state index contributed by atoms with van der Waals surface area (Å²) in [5, 5.41) is 18.2. The highest BCUT2D eigenvalue weighted by molar-refractivity contribution is 7.13. The molecule has 1 aliphatic rings. The first-order chi connectivity index (χ1) is 16.5. The number of benzene rings is 2. The van der Waals surface area contributed by atoms with Crippen LogP contribution in [0.1, 0.15) is 59.5 Å². The van der Waals surface area contributed by atoms with Crippen molar-refractivity contribution >= 4 is 34.3 Å². The van der Waals surface area contributed by atoms with Crippen LogP contribution in [0.25, 0.3) is 0 Å². The van der Waals surface area contributed by atoms with Crippen LogP contribution in [0.2, 0.25) is 0 Å². The molecule has 1 saturated carbocycles. The number of aromatic nitrogens is 2. The van der Waals surface area contributed by atoms with Crippen molar-refractivity contribution in [2.45, 2.75) is 44.4 Å². The topological polar surface area (TPSA) is 112 Å². The summed E-state index contributed by atoms with van der Waals surface area (Å²) in [6.45, 7) is 0. The first kappa shape index (κ1) is 23.6. The third-order valence-corrected chi connectivity index (χ3v) is 6.80. The second-order valence-electron chi connectivity index (χ2n) is 8.50. The zero-order chi connectivity index (χ0) is 23.9. The van der Waals surface area contributed by atoms with Crippen LogP contribution in [0.15, 0.2) is 60.1 Å². The van der Waals surface area contributed by atoms with Gasteiger partial charge in [-0.1, -0.05) is 53.8 Å². The second-order valence-corrected chi connectivity index (χ2v) is 9.31. The van der Waals surface area contributed by atoms with Crippen molar-refractivity contribution in [3.05, 3.63) is 76.8 Å². The van der Waals surface area contributed by atoms with Gasteiger partial charge in [0.1, 0.15) is 5.51 Å². The molecule has 0 aliphatic heterocycles. The Bertz CT molecular complexity index is 1110. The fraction of sp³-hybridized carbons (Fsp3) is 0.320. The summed E-state index contributed by atoms with van der Waals surface area (Å²) >= 11 is 1.16. The van der Waals surface area contributed by atoms with Crippen LogP contribution in [-0.2, 0) is 16.0 Å². The standard InChI is InChI=1S/C25H26N4O4S/c30-22(14-17-4-2-1-3-5-17)28-29(25-27-26-16-34-25)24(33)21-12-10-20(11-13-21)19-8-6-18(7-9-19)15-23(31)32/h1-5,10-13,16,18-19H,6-9,14-15H2,(H,28,30)(H,31,32). The largest absolute Gasteiger partial charge is 0.481 e. The number of carbonyl (C=O) groups is 3. The van der Waals surface area contributed by atoms with Crippen molar-refractivity contribution in [1.82, 2.24) is 15.6 Å². The SMILES string of the molecule is O=C(O)CC1CCC(c2ccc(C(=O)N(NC(=O)Cc3ccccc3)c3nncs3)cc2)CC1. The molecule has 0 unspecified atom stereocenters. The molecule has 1 aliphatic carbocycles. The Hall–Kier alpha value is -3.59. The van der Waals surface area contributed by atoms with Crippen molar-refractivity contribution in [3.8, 4) is 0 Å². The fourth-order valence-electron chi connectivity index (χ4n) is 4.37. The minimum atomic E-state index is -0.734. The quantitative estimate of drug-likeness (QED) is 0.492. The van der Waals surface area contributed by atoms with Crippen LogP contribution >= 0.6 is 11.3 Å². The Labute approximate surface area is 201 Å². The third kappa shape index (κ3) is 6.05. The number of anilines is 1. The number of carboxylic acids is 1. The molecule has 2 N–H and O–H groups in total. The van der Waals surface area contributed by atoms with E-state index in [0.717, 1.165) is 53.2 Å². The van der Waals surface area contributed by atoms with Gasteiger partial charge in [0, 0.05) is 12.0 Å². The predicted octanol–water partition coefficient (Wildman–Crippen LogP) is 4.21. The first-order valence-electron chi connectivity index (χ1n) is 11.3. The van der Waals surface area contributed by atoms with Gasteiger partial charge in [0.2, 0.25) is 11.0 Å². The van der Waals surface area contributed by atoms with E-state index in [1.807, 2.05) is 42.5 Å². The summed E-state index contributed by atoms with van der Waals surface area (Å²) in [4.78, 5) is 36.8. The number of hydrogen-bond donors (Lipinski definition) is 2. The van der Waals surface area contributed by atoms with E-state index in [0.29, 0.717) is 11.5 Å². The number of nitrogens with zero attached hydrogens (tertiary/aromatic N) is 3. The minimum absolute atomic E-state index is 0.132. The molecule has 1 aromatic heterocycles. The molecule has 3 aromatic rings. The molecule has 0 spiro atoms. The van der Waals surface area contributed by atoms with E-state index in [9.17, 15) is 14.4 Å². The van der Waals surface area contributed by atoms with E-state index in [1.54, 1.807) is 12.1 Å². The van der Waals surface area contributed by atoms with Crippen LogP contribution in [-0.4, -0.2) is 33.1 Å². The molecule has 0 bridgehead atoms. The van der Waals surface area contributed by atoms with E-state index < -0.39 is 11.9 Å². The second kappa shape index (κ2) is 11.0. The van der Waals surface area contributed by atoms with E-state index in [4.69, 9.17) is 5.11 Å². The highest BCUT2D eigenvalue weighted by Crippen LogP contribution is 2.37. The molecule has 1 fully saturated rings. The van der Waals surface area contributed by atoms with Crippen LogP contribution in [0.4, 0.5) is 5.13 Å². The molecule has 0 saturated heterocycles. The molecule has 0 radical (unpaired) electrons. The first-order valence-corrected chi connectivity index (χ1v) is 12.1. The van der Waals surface area contributed by atoms with E-state index in [2.05, 4.69) is 15.6 Å². The van der Waals surface area contributed by atoms with Gasteiger partial charge in [0.15, 0.2) is 0 Å². The normalized spacial score (nSPS) is 17.6. The number of hydrazine groups is 1. The molecule has 34 heavy (non-hydrogen) atoms. The summed E-state index contributed by atoms with van der Waals surface area (Å²) in [7, 11) is 0. The van der Waals surface area contributed by atoms with Crippen LogP contribution in [0.3, 0.4) is 0 Å². The number of hydrogen-bond acceptors (Lipinski definition) is 6. The van der Waals surface area contributed by atoms with Crippen LogP contribution in [0, 0.1) is 5.92 Å². The minimum Gasteiger partial charge on any atom is -0.481 e. The van der Waals surface area contributed by atoms with Gasteiger partial charge in [-0.2, -0.15) is 5.01 Å². The number of carbonyl (C=O) groups excluding carboxylic acids is 2. The van der Waals surface area contributed by atoms with Crippen LogP contribution < -0.4 is 10.4 Å². The van der Waals surface area contributed by atoms with Crippen molar-refractivity contribution in [1.29, 1.82) is 0 Å². The van der Waals surface area contributed by atoms with Gasteiger partial charge in [0.25, 0.3) is 5.91 Å². The Kier molecular flexibility index (Phi) is 7.64. The average molecular weight is 479 g/mol. The fourth-order valence-corrected chi connectivity index (χ4v) is 4.89. The number of nitrogens with one attached hydrogen (secondary N) is 1. The molecule has 2 amide bonds. The highest BCUT2D eigenvalue weighted by Gasteiger charge is 2.26. The van der Waals surface area contributed by atoms with Gasteiger partial charge in [-0.15, -0.1) is 10.2 Å². The number of amides is 2. The van der Waals surface area contributed by atoms with Gasteiger partial charge in [-0.25, -0.2) is 0 Å².